The van der Waals surface area contributed by atoms with E-state index in [1.807, 2.05) is 19.1 Å². The molecule has 0 bridgehead atoms. The number of hydrogen-bond acceptors (Lipinski definition) is 4. The van der Waals surface area contributed by atoms with Crippen LogP contribution >= 0.6 is 0 Å². The number of hydrogen-bond donors (Lipinski definition) is 2. The van der Waals surface area contributed by atoms with Crippen molar-refractivity contribution in [2.24, 2.45) is 0 Å². The Hall–Kier alpha value is -2.96. The second-order valence-electron chi connectivity index (χ2n) is 6.01. The molecule has 1 saturated heterocycles. The molecule has 1 fully saturated rings. The van der Waals surface area contributed by atoms with Crippen LogP contribution in [-0.2, 0) is 11.3 Å². The van der Waals surface area contributed by atoms with Gasteiger partial charge in [0, 0.05) is 6.54 Å². The van der Waals surface area contributed by atoms with Gasteiger partial charge in [-0.25, -0.2) is 4.79 Å². The number of nitrogens with one attached hydrogen (secondary N) is 2. The average Bonchev–Trinajstić information content (AvgIpc) is 3.33. The Bertz CT molecular complexity index is 745. The molecule has 1 aromatic heterocycles. The fourth-order valence-electron chi connectivity index (χ4n) is 3.03. The molecule has 0 spiro atoms. The summed E-state index contributed by atoms with van der Waals surface area (Å²) < 4.78 is 10.7. The maximum atomic E-state index is 12.7. The summed E-state index contributed by atoms with van der Waals surface area (Å²) in [5.74, 6) is 1.12. The Balaban J connectivity index is 1.62. The molecule has 7 heteroatoms. The third kappa shape index (κ3) is 4.17. The minimum atomic E-state index is -0.482. The molecule has 3 rings (SSSR count). The van der Waals surface area contributed by atoms with Crippen LogP contribution in [0.15, 0.2) is 47.1 Å². The molecule has 0 saturated carbocycles. The van der Waals surface area contributed by atoms with Crippen LogP contribution in [0.3, 0.4) is 0 Å². The van der Waals surface area contributed by atoms with Crippen LogP contribution in [0.4, 0.5) is 10.5 Å². The SMILES string of the molecule is CCOc1ccccc1NC(=O)N1CCC[C@H]1C(=O)NCc1ccco1. The van der Waals surface area contributed by atoms with Crippen LogP contribution in [-0.4, -0.2) is 36.0 Å². The van der Waals surface area contributed by atoms with Crippen molar-refractivity contribution in [3.63, 3.8) is 0 Å². The number of carbonyl (C=O) groups excluding carboxylic acids is 2. The predicted octanol–water partition coefficient (Wildman–Crippen LogP) is 2.99. The highest BCUT2D eigenvalue weighted by molar-refractivity contribution is 5.95. The first-order chi connectivity index (χ1) is 12.7. The van der Waals surface area contributed by atoms with Gasteiger partial charge in [-0.05, 0) is 44.0 Å². The number of likely N-dealkylation sites (tertiary alicyclic amines) is 1. The molecule has 1 atom stereocenters. The zero-order valence-electron chi connectivity index (χ0n) is 14.7. The van der Waals surface area contributed by atoms with Crippen molar-refractivity contribution >= 4 is 17.6 Å². The van der Waals surface area contributed by atoms with Crippen molar-refractivity contribution in [3.05, 3.63) is 48.4 Å². The summed E-state index contributed by atoms with van der Waals surface area (Å²) in [6.45, 7) is 3.25. The predicted molar refractivity (Wildman–Crippen MR) is 96.9 cm³/mol. The second kappa shape index (κ2) is 8.42. The number of rotatable bonds is 6. The molecule has 138 valence electrons. The van der Waals surface area contributed by atoms with Crippen LogP contribution in [0.25, 0.3) is 0 Å². The molecule has 1 aliphatic rings. The van der Waals surface area contributed by atoms with Crippen molar-refractivity contribution < 1.29 is 18.7 Å². The van der Waals surface area contributed by atoms with E-state index in [0.29, 0.717) is 43.3 Å². The minimum Gasteiger partial charge on any atom is -0.492 e. The van der Waals surface area contributed by atoms with E-state index >= 15 is 0 Å². The summed E-state index contributed by atoms with van der Waals surface area (Å²) in [6.07, 6.45) is 3.00. The van der Waals surface area contributed by atoms with Gasteiger partial charge < -0.3 is 24.7 Å². The van der Waals surface area contributed by atoms with Crippen LogP contribution in [0, 0.1) is 0 Å². The summed E-state index contributed by atoms with van der Waals surface area (Å²) >= 11 is 0. The third-order valence-corrected chi connectivity index (χ3v) is 4.26. The van der Waals surface area contributed by atoms with Gasteiger partial charge in [0.2, 0.25) is 5.91 Å². The van der Waals surface area contributed by atoms with Crippen LogP contribution < -0.4 is 15.4 Å². The molecule has 3 amide bonds. The van der Waals surface area contributed by atoms with E-state index in [1.54, 1.807) is 35.4 Å². The number of benzene rings is 1. The van der Waals surface area contributed by atoms with E-state index in [2.05, 4.69) is 10.6 Å². The van der Waals surface area contributed by atoms with E-state index in [-0.39, 0.29) is 11.9 Å². The number of nitrogens with zero attached hydrogens (tertiary/aromatic N) is 1. The largest absolute Gasteiger partial charge is 0.492 e. The van der Waals surface area contributed by atoms with Gasteiger partial charge in [0.15, 0.2) is 0 Å². The molecule has 0 radical (unpaired) electrons. The average molecular weight is 357 g/mol. The van der Waals surface area contributed by atoms with Gasteiger partial charge in [0.1, 0.15) is 17.6 Å². The Morgan fingerprint density at radius 1 is 1.27 bits per heavy atom. The lowest BCUT2D eigenvalue weighted by molar-refractivity contribution is -0.124. The molecular formula is C19H23N3O4. The van der Waals surface area contributed by atoms with Crippen molar-refractivity contribution in [1.29, 1.82) is 0 Å². The summed E-state index contributed by atoms with van der Waals surface area (Å²) in [7, 11) is 0. The van der Waals surface area contributed by atoms with E-state index in [0.717, 1.165) is 6.42 Å². The molecule has 1 aromatic carbocycles. The first-order valence-electron chi connectivity index (χ1n) is 8.78. The van der Waals surface area contributed by atoms with Gasteiger partial charge in [-0.1, -0.05) is 12.1 Å². The number of ether oxygens (including phenoxy) is 1. The first kappa shape index (κ1) is 17.8. The quantitative estimate of drug-likeness (QED) is 0.832. The highest BCUT2D eigenvalue weighted by Crippen LogP contribution is 2.25. The van der Waals surface area contributed by atoms with Crippen LogP contribution in [0.2, 0.25) is 0 Å². The van der Waals surface area contributed by atoms with Gasteiger partial charge in [-0.15, -0.1) is 0 Å². The number of para-hydroxylation sites is 2. The number of furan rings is 1. The lowest BCUT2D eigenvalue weighted by Gasteiger charge is -2.24. The Morgan fingerprint density at radius 2 is 2.12 bits per heavy atom. The smallest absolute Gasteiger partial charge is 0.322 e. The standard InChI is InChI=1S/C19H23N3O4/c1-2-25-17-10-4-3-8-15(17)21-19(24)22-11-5-9-16(22)18(23)20-13-14-7-6-12-26-14/h3-4,6-8,10,12,16H,2,5,9,11,13H2,1H3,(H,20,23)(H,21,24)/t16-/m0/s1. The fourth-order valence-corrected chi connectivity index (χ4v) is 3.03. The van der Waals surface area contributed by atoms with E-state index in [4.69, 9.17) is 9.15 Å². The topological polar surface area (TPSA) is 83.8 Å². The van der Waals surface area contributed by atoms with Crippen molar-refractivity contribution in [2.75, 3.05) is 18.5 Å². The Morgan fingerprint density at radius 3 is 2.88 bits per heavy atom. The summed E-state index contributed by atoms with van der Waals surface area (Å²) in [4.78, 5) is 26.7. The molecule has 0 unspecified atom stereocenters. The molecule has 26 heavy (non-hydrogen) atoms. The number of urea groups is 1. The monoisotopic (exact) mass is 357 g/mol. The molecule has 2 heterocycles. The zero-order valence-corrected chi connectivity index (χ0v) is 14.7. The van der Waals surface area contributed by atoms with Crippen LogP contribution in [0.1, 0.15) is 25.5 Å². The fraction of sp³-hybridized carbons (Fsp3) is 0.368. The maximum Gasteiger partial charge on any atom is 0.322 e. The second-order valence-corrected chi connectivity index (χ2v) is 6.01. The van der Waals surface area contributed by atoms with E-state index in [1.165, 1.54) is 0 Å². The first-order valence-corrected chi connectivity index (χ1v) is 8.78. The highest BCUT2D eigenvalue weighted by atomic mass is 16.5. The van der Waals surface area contributed by atoms with Crippen LogP contribution in [0.5, 0.6) is 5.75 Å². The van der Waals surface area contributed by atoms with Crippen molar-refractivity contribution in [1.82, 2.24) is 10.2 Å². The number of amides is 3. The van der Waals surface area contributed by atoms with Crippen molar-refractivity contribution in [2.45, 2.75) is 32.4 Å². The van der Waals surface area contributed by atoms with E-state index in [9.17, 15) is 9.59 Å². The van der Waals surface area contributed by atoms with Gasteiger partial charge in [-0.3, -0.25) is 4.79 Å². The van der Waals surface area contributed by atoms with Crippen molar-refractivity contribution in [3.8, 4) is 5.75 Å². The molecule has 1 aliphatic heterocycles. The summed E-state index contributed by atoms with van der Waals surface area (Å²) in [5, 5.41) is 5.68. The molecular weight excluding hydrogens is 334 g/mol. The number of carbonyl (C=O) groups is 2. The van der Waals surface area contributed by atoms with Gasteiger partial charge in [-0.2, -0.15) is 0 Å². The number of anilines is 1. The molecule has 7 nitrogen and oxygen atoms in total. The Labute approximate surface area is 152 Å². The summed E-state index contributed by atoms with van der Waals surface area (Å²) in [6, 6.07) is 10.0. The lowest BCUT2D eigenvalue weighted by Crippen LogP contribution is -2.47. The third-order valence-electron chi connectivity index (χ3n) is 4.26. The molecule has 2 aromatic rings. The minimum absolute atomic E-state index is 0.174. The molecule has 0 aliphatic carbocycles. The highest BCUT2D eigenvalue weighted by Gasteiger charge is 2.34. The van der Waals surface area contributed by atoms with Gasteiger partial charge >= 0.3 is 6.03 Å². The van der Waals surface area contributed by atoms with E-state index < -0.39 is 6.04 Å². The summed E-state index contributed by atoms with van der Waals surface area (Å²) in [5.41, 5.74) is 0.598. The Kier molecular flexibility index (Phi) is 5.78. The molecule has 2 N–H and O–H groups in total. The zero-order chi connectivity index (χ0) is 18.4. The normalized spacial score (nSPS) is 16.3. The van der Waals surface area contributed by atoms with Gasteiger partial charge in [0.05, 0.1) is 25.1 Å². The maximum absolute atomic E-state index is 12.7. The van der Waals surface area contributed by atoms with Gasteiger partial charge in [0.25, 0.3) is 0 Å². The lowest BCUT2D eigenvalue weighted by atomic mass is 10.2.